The molecule has 0 aromatic carbocycles. The standard InChI is InChI=1S/C18H19N5O2/c1-23(10-3-2-4-11-23)15-16(24)13-6-5-8-20-17(13)22(18(15)25)14-7-9-19-12-21-14/h5-9,12H,2-4,10-11H2,1H3/p+1. The summed E-state index contributed by atoms with van der Waals surface area (Å²) < 4.78 is 1.91. The molecule has 4 rings (SSSR count). The number of piperidine rings is 1. The molecular weight excluding hydrogens is 318 g/mol. The zero-order valence-corrected chi connectivity index (χ0v) is 14.1. The van der Waals surface area contributed by atoms with Crippen LogP contribution in [0.5, 0.6) is 5.75 Å². The number of hydrogen-bond donors (Lipinski definition) is 1. The van der Waals surface area contributed by atoms with Crippen LogP contribution in [0.25, 0.3) is 16.9 Å². The van der Waals surface area contributed by atoms with E-state index in [9.17, 15) is 9.90 Å². The molecule has 0 aliphatic carbocycles. The minimum atomic E-state index is -0.271. The van der Waals surface area contributed by atoms with Crippen LogP contribution in [0, 0.1) is 0 Å². The molecule has 128 valence electrons. The van der Waals surface area contributed by atoms with Crippen LogP contribution in [0.3, 0.4) is 0 Å². The van der Waals surface area contributed by atoms with Gasteiger partial charge >= 0.3 is 5.56 Å². The van der Waals surface area contributed by atoms with Gasteiger partial charge in [-0.25, -0.2) is 19.5 Å². The minimum Gasteiger partial charge on any atom is -0.502 e. The summed E-state index contributed by atoms with van der Waals surface area (Å²) in [5.41, 5.74) is 0.543. The maximum Gasteiger partial charge on any atom is 0.323 e. The molecule has 0 unspecified atom stereocenters. The van der Waals surface area contributed by atoms with Gasteiger partial charge in [0, 0.05) is 12.4 Å². The number of aromatic nitrogens is 4. The monoisotopic (exact) mass is 338 g/mol. The van der Waals surface area contributed by atoms with Crippen LogP contribution in [-0.2, 0) is 0 Å². The lowest BCUT2D eigenvalue weighted by Crippen LogP contribution is -2.52. The van der Waals surface area contributed by atoms with Crippen molar-refractivity contribution < 1.29 is 5.11 Å². The summed E-state index contributed by atoms with van der Waals surface area (Å²) >= 11 is 0. The van der Waals surface area contributed by atoms with Crippen molar-refractivity contribution in [2.75, 3.05) is 20.1 Å². The highest BCUT2D eigenvalue weighted by molar-refractivity contribution is 5.88. The van der Waals surface area contributed by atoms with Crippen molar-refractivity contribution >= 4 is 16.7 Å². The highest BCUT2D eigenvalue weighted by Crippen LogP contribution is 2.36. The molecule has 0 spiro atoms. The molecule has 4 heterocycles. The van der Waals surface area contributed by atoms with Gasteiger partial charge < -0.3 is 5.11 Å². The van der Waals surface area contributed by atoms with Gasteiger partial charge in [0.15, 0.2) is 11.4 Å². The fourth-order valence-electron chi connectivity index (χ4n) is 3.74. The number of aromatic hydroxyl groups is 1. The lowest BCUT2D eigenvalue weighted by molar-refractivity contribution is 0.265. The van der Waals surface area contributed by atoms with E-state index in [4.69, 9.17) is 0 Å². The van der Waals surface area contributed by atoms with Gasteiger partial charge in [-0.15, -0.1) is 0 Å². The van der Waals surface area contributed by atoms with Gasteiger partial charge in [0.2, 0.25) is 5.69 Å². The van der Waals surface area contributed by atoms with Crippen LogP contribution in [0.2, 0.25) is 0 Å². The predicted octanol–water partition coefficient (Wildman–Crippen LogP) is 2.00. The summed E-state index contributed by atoms with van der Waals surface area (Å²) in [5.74, 6) is 0.483. The molecule has 1 fully saturated rings. The summed E-state index contributed by atoms with van der Waals surface area (Å²) in [5, 5.41) is 11.5. The van der Waals surface area contributed by atoms with Crippen molar-refractivity contribution in [3.63, 3.8) is 0 Å². The second-order valence-electron chi connectivity index (χ2n) is 6.68. The first-order valence-corrected chi connectivity index (χ1v) is 8.46. The van der Waals surface area contributed by atoms with Gasteiger partial charge in [-0.05, 0) is 37.5 Å². The molecule has 0 radical (unpaired) electrons. The largest absolute Gasteiger partial charge is 0.502 e. The van der Waals surface area contributed by atoms with Gasteiger partial charge in [0.05, 0.1) is 25.5 Å². The second kappa shape index (κ2) is 5.93. The van der Waals surface area contributed by atoms with Crippen LogP contribution < -0.4 is 10.0 Å². The Morgan fingerprint density at radius 2 is 1.92 bits per heavy atom. The fraction of sp³-hybridized carbons (Fsp3) is 0.333. The number of pyridine rings is 2. The summed E-state index contributed by atoms with van der Waals surface area (Å²) in [6, 6.07) is 5.22. The van der Waals surface area contributed by atoms with Crippen LogP contribution in [0.15, 0.2) is 41.7 Å². The minimum absolute atomic E-state index is 0.0304. The second-order valence-corrected chi connectivity index (χ2v) is 6.68. The Hall–Kier alpha value is -2.80. The van der Waals surface area contributed by atoms with Gasteiger partial charge in [0.25, 0.3) is 0 Å². The highest BCUT2D eigenvalue weighted by Gasteiger charge is 2.36. The van der Waals surface area contributed by atoms with E-state index in [1.54, 1.807) is 30.6 Å². The number of rotatable bonds is 2. The maximum absolute atomic E-state index is 13.4. The molecule has 25 heavy (non-hydrogen) atoms. The first-order chi connectivity index (χ1) is 12.1. The van der Waals surface area contributed by atoms with E-state index in [0.29, 0.717) is 27.0 Å². The van der Waals surface area contributed by atoms with E-state index in [-0.39, 0.29) is 11.3 Å². The SMILES string of the molecule is C[N+]1(c2c(O)c3cccnc3n(-c3ccncn3)c2=O)CCCCC1. The Kier molecular flexibility index (Phi) is 3.73. The van der Waals surface area contributed by atoms with E-state index >= 15 is 0 Å². The number of quaternary nitrogens is 1. The molecule has 1 N–H and O–H groups in total. The molecule has 3 aromatic heterocycles. The molecule has 0 bridgehead atoms. The molecule has 7 nitrogen and oxygen atoms in total. The summed E-state index contributed by atoms with van der Waals surface area (Å²) in [7, 11) is 2.02. The fourth-order valence-corrected chi connectivity index (χ4v) is 3.74. The van der Waals surface area contributed by atoms with Crippen LogP contribution in [0.4, 0.5) is 5.69 Å². The van der Waals surface area contributed by atoms with E-state index in [0.717, 1.165) is 32.4 Å². The maximum atomic E-state index is 13.4. The van der Waals surface area contributed by atoms with Crippen molar-refractivity contribution in [1.82, 2.24) is 24.0 Å². The van der Waals surface area contributed by atoms with E-state index in [2.05, 4.69) is 15.0 Å². The molecule has 3 aromatic rings. The van der Waals surface area contributed by atoms with Gasteiger partial charge in [-0.3, -0.25) is 9.28 Å². The summed E-state index contributed by atoms with van der Waals surface area (Å²) in [6.07, 6.45) is 7.83. The average Bonchev–Trinajstić information content (AvgIpc) is 2.63. The lowest BCUT2D eigenvalue weighted by atomic mass is 10.1. The topological polar surface area (TPSA) is 80.9 Å². The molecule has 1 aliphatic rings. The summed E-state index contributed by atoms with van der Waals surface area (Å²) in [6.45, 7) is 1.66. The predicted molar refractivity (Wildman–Crippen MR) is 95.9 cm³/mol. The Labute approximate surface area is 144 Å². The first kappa shape index (κ1) is 15.7. The Balaban J connectivity index is 2.10. The number of fused-ring (bicyclic) bond motifs is 1. The smallest absolute Gasteiger partial charge is 0.323 e. The van der Waals surface area contributed by atoms with E-state index < -0.39 is 0 Å². The third-order valence-electron chi connectivity index (χ3n) is 5.02. The quantitative estimate of drug-likeness (QED) is 0.723. The Morgan fingerprint density at radius 1 is 1.12 bits per heavy atom. The summed E-state index contributed by atoms with van der Waals surface area (Å²) in [4.78, 5) is 25.9. The molecule has 7 heteroatoms. The Morgan fingerprint density at radius 3 is 2.64 bits per heavy atom. The third-order valence-corrected chi connectivity index (χ3v) is 5.02. The Bertz CT molecular complexity index is 978. The van der Waals surface area contributed by atoms with E-state index in [1.807, 2.05) is 7.05 Å². The molecule has 1 saturated heterocycles. The van der Waals surface area contributed by atoms with Crippen molar-refractivity contribution in [2.45, 2.75) is 19.3 Å². The average molecular weight is 338 g/mol. The van der Waals surface area contributed by atoms with Crippen molar-refractivity contribution in [2.24, 2.45) is 0 Å². The van der Waals surface area contributed by atoms with Crippen LogP contribution >= 0.6 is 0 Å². The van der Waals surface area contributed by atoms with Gasteiger partial charge in [-0.2, -0.15) is 0 Å². The highest BCUT2D eigenvalue weighted by atomic mass is 16.3. The zero-order valence-electron chi connectivity index (χ0n) is 14.1. The molecule has 1 aliphatic heterocycles. The van der Waals surface area contributed by atoms with Crippen LogP contribution in [0.1, 0.15) is 19.3 Å². The van der Waals surface area contributed by atoms with Gasteiger partial charge in [0.1, 0.15) is 12.1 Å². The first-order valence-electron chi connectivity index (χ1n) is 8.46. The molecule has 0 saturated carbocycles. The number of likely N-dealkylation sites (tertiary alicyclic amines) is 1. The molecular formula is C18H20N5O2+. The third kappa shape index (κ3) is 2.47. The number of nitrogens with zero attached hydrogens (tertiary/aromatic N) is 5. The lowest BCUT2D eigenvalue weighted by Gasteiger charge is -2.37. The van der Waals surface area contributed by atoms with Gasteiger partial charge in [-0.1, -0.05) is 0 Å². The number of hydrogen-bond acceptors (Lipinski definition) is 5. The molecule has 0 atom stereocenters. The molecule has 0 amide bonds. The van der Waals surface area contributed by atoms with Crippen molar-refractivity contribution in [3.05, 3.63) is 47.3 Å². The normalized spacial score (nSPS) is 16.8. The van der Waals surface area contributed by atoms with Crippen molar-refractivity contribution in [1.29, 1.82) is 0 Å². The zero-order chi connectivity index (χ0) is 17.4. The van der Waals surface area contributed by atoms with Crippen molar-refractivity contribution in [3.8, 4) is 11.6 Å². The van der Waals surface area contributed by atoms with Crippen LogP contribution in [-0.4, -0.2) is 44.8 Å². The van der Waals surface area contributed by atoms with E-state index in [1.165, 1.54) is 10.9 Å².